The number of hydrogen-bond acceptors (Lipinski definition) is 9. The van der Waals surface area contributed by atoms with Gasteiger partial charge in [0.2, 0.25) is 0 Å². The van der Waals surface area contributed by atoms with Crippen LogP contribution in [0.3, 0.4) is 0 Å². The molecule has 27 heavy (non-hydrogen) atoms. The molecule has 0 fully saturated rings. The number of unbranched alkanes of at least 4 members (excludes halogenated alkanes) is 1. The summed E-state index contributed by atoms with van der Waals surface area (Å²) in [4.78, 5) is 0. The Balaban J connectivity index is 2.32. The van der Waals surface area contributed by atoms with Crippen molar-refractivity contribution in [2.75, 3.05) is 45.9 Å². The van der Waals surface area contributed by atoms with Crippen molar-refractivity contribution in [3.63, 3.8) is 0 Å². The van der Waals surface area contributed by atoms with Crippen LogP contribution in [-0.4, -0.2) is 67.3 Å². The third-order valence-corrected chi connectivity index (χ3v) is 7.24. The van der Waals surface area contributed by atoms with Gasteiger partial charge in [0.05, 0.1) is 33.0 Å². The standard InChI is InChI=1S/C17H29O8PS/c1-22-14-16(13-19)25-26(21,24-11-9-18)27-12-6-5-10-23-17(20)15-7-3-2-4-8-15/h2-4,7-8,16-20H,5-6,9-14H2,1H3. The van der Waals surface area contributed by atoms with Crippen LogP contribution >= 0.6 is 18.2 Å². The smallest absolute Gasteiger partial charge is 0.389 e. The van der Waals surface area contributed by atoms with Gasteiger partial charge < -0.3 is 24.8 Å². The van der Waals surface area contributed by atoms with Crippen molar-refractivity contribution >= 4 is 18.2 Å². The van der Waals surface area contributed by atoms with Crippen molar-refractivity contribution in [3.05, 3.63) is 35.9 Å². The third kappa shape index (κ3) is 10.6. The van der Waals surface area contributed by atoms with Gasteiger partial charge in [-0.3, -0.25) is 9.05 Å². The minimum atomic E-state index is -3.53. The molecule has 8 nitrogen and oxygen atoms in total. The molecule has 3 atom stereocenters. The quantitative estimate of drug-likeness (QED) is 0.209. The van der Waals surface area contributed by atoms with E-state index in [1.54, 1.807) is 12.1 Å². The Kier molecular flexibility index (Phi) is 13.2. The molecule has 10 heteroatoms. The lowest BCUT2D eigenvalue weighted by molar-refractivity contribution is -0.103. The zero-order valence-electron chi connectivity index (χ0n) is 15.4. The van der Waals surface area contributed by atoms with Crippen molar-refractivity contribution < 1.29 is 38.4 Å². The van der Waals surface area contributed by atoms with E-state index in [9.17, 15) is 14.8 Å². The number of aliphatic hydroxyl groups excluding tert-OH is 3. The molecule has 0 bridgehead atoms. The highest BCUT2D eigenvalue weighted by Crippen LogP contribution is 2.61. The van der Waals surface area contributed by atoms with Crippen molar-refractivity contribution in [3.8, 4) is 0 Å². The zero-order chi connectivity index (χ0) is 20.0. The highest BCUT2D eigenvalue weighted by molar-refractivity contribution is 8.55. The highest BCUT2D eigenvalue weighted by Gasteiger charge is 2.29. The van der Waals surface area contributed by atoms with Crippen LogP contribution in [0.4, 0.5) is 0 Å². The summed E-state index contributed by atoms with van der Waals surface area (Å²) in [6, 6.07) is 9.08. The molecule has 1 aromatic rings. The van der Waals surface area contributed by atoms with E-state index in [2.05, 4.69) is 0 Å². The Morgan fingerprint density at radius 3 is 2.52 bits per heavy atom. The van der Waals surface area contributed by atoms with E-state index in [4.69, 9.17) is 23.6 Å². The summed E-state index contributed by atoms with van der Waals surface area (Å²) in [6.07, 6.45) is -0.425. The fourth-order valence-electron chi connectivity index (χ4n) is 2.03. The second kappa shape index (κ2) is 14.5. The van der Waals surface area contributed by atoms with Gasteiger partial charge in [0.25, 0.3) is 0 Å². The summed E-state index contributed by atoms with van der Waals surface area (Å²) < 4.78 is 33.5. The lowest BCUT2D eigenvalue weighted by atomic mass is 10.2. The van der Waals surface area contributed by atoms with Crippen LogP contribution in [0.25, 0.3) is 0 Å². The van der Waals surface area contributed by atoms with E-state index < -0.39 is 19.2 Å². The summed E-state index contributed by atoms with van der Waals surface area (Å²) in [6.45, 7) is -3.86. The Morgan fingerprint density at radius 2 is 1.89 bits per heavy atom. The van der Waals surface area contributed by atoms with Crippen molar-refractivity contribution in [1.29, 1.82) is 0 Å². The Labute approximate surface area is 164 Å². The monoisotopic (exact) mass is 424 g/mol. The molecule has 0 saturated carbocycles. The Bertz CT molecular complexity index is 533. The van der Waals surface area contributed by atoms with Crippen molar-refractivity contribution in [2.45, 2.75) is 25.2 Å². The summed E-state index contributed by atoms with van der Waals surface area (Å²) in [5, 5.41) is 28.0. The van der Waals surface area contributed by atoms with Gasteiger partial charge in [-0.1, -0.05) is 30.3 Å². The van der Waals surface area contributed by atoms with E-state index in [0.717, 1.165) is 11.4 Å². The van der Waals surface area contributed by atoms with Gasteiger partial charge in [0.1, 0.15) is 6.10 Å². The molecule has 1 rings (SSSR count). The van der Waals surface area contributed by atoms with E-state index in [1.807, 2.05) is 18.2 Å². The van der Waals surface area contributed by atoms with Crippen LogP contribution in [0.15, 0.2) is 30.3 Å². The summed E-state index contributed by atoms with van der Waals surface area (Å²) >= 11 is 1.00. The molecule has 0 aliphatic carbocycles. The van der Waals surface area contributed by atoms with Gasteiger partial charge in [0, 0.05) is 18.4 Å². The van der Waals surface area contributed by atoms with Crippen LogP contribution in [0.2, 0.25) is 0 Å². The van der Waals surface area contributed by atoms with E-state index in [-0.39, 0.29) is 26.4 Å². The molecule has 0 spiro atoms. The Hall–Kier alpha value is -0.480. The number of benzene rings is 1. The highest BCUT2D eigenvalue weighted by atomic mass is 32.7. The molecule has 156 valence electrons. The van der Waals surface area contributed by atoms with Crippen LogP contribution in [0.5, 0.6) is 0 Å². The summed E-state index contributed by atoms with van der Waals surface area (Å²) in [5.41, 5.74) is 0.690. The van der Waals surface area contributed by atoms with Crippen LogP contribution in [-0.2, 0) is 23.1 Å². The van der Waals surface area contributed by atoms with Crippen LogP contribution in [0, 0.1) is 0 Å². The number of rotatable bonds is 16. The normalized spacial score (nSPS) is 16.0. The second-order valence-electron chi connectivity index (χ2n) is 5.54. The number of ether oxygens (including phenoxy) is 2. The van der Waals surface area contributed by atoms with Gasteiger partial charge in [-0.05, 0) is 24.2 Å². The largest absolute Gasteiger partial charge is 0.394 e. The molecule has 0 heterocycles. The summed E-state index contributed by atoms with van der Waals surface area (Å²) in [5.74, 6) is 0.471. The lowest BCUT2D eigenvalue weighted by Crippen LogP contribution is -2.22. The topological polar surface area (TPSA) is 115 Å². The molecule has 0 saturated heterocycles. The first-order valence-electron chi connectivity index (χ1n) is 8.67. The number of methoxy groups -OCH3 is 1. The average Bonchev–Trinajstić information content (AvgIpc) is 2.69. The molecule has 3 unspecified atom stereocenters. The number of hydrogen-bond donors (Lipinski definition) is 3. The predicted octanol–water partition coefficient (Wildman–Crippen LogP) is 2.35. The fourth-order valence-corrected chi connectivity index (χ4v) is 5.63. The van der Waals surface area contributed by atoms with E-state index in [0.29, 0.717) is 30.8 Å². The van der Waals surface area contributed by atoms with Crippen LogP contribution in [0.1, 0.15) is 24.7 Å². The maximum Gasteiger partial charge on any atom is 0.389 e. The zero-order valence-corrected chi connectivity index (χ0v) is 17.1. The summed E-state index contributed by atoms with van der Waals surface area (Å²) in [7, 11) is 1.45. The second-order valence-corrected chi connectivity index (χ2v) is 9.69. The fraction of sp³-hybridized carbons (Fsp3) is 0.647. The number of aliphatic hydroxyl groups is 3. The maximum atomic E-state index is 12.7. The maximum absolute atomic E-state index is 12.7. The van der Waals surface area contributed by atoms with Crippen LogP contribution < -0.4 is 0 Å². The minimum Gasteiger partial charge on any atom is -0.394 e. The minimum absolute atomic E-state index is 0.0781. The molecular formula is C17H29O8PS. The first kappa shape index (κ1) is 24.6. The lowest BCUT2D eigenvalue weighted by Gasteiger charge is -2.22. The van der Waals surface area contributed by atoms with Gasteiger partial charge in [-0.25, -0.2) is 4.57 Å². The molecule has 0 radical (unpaired) electrons. The first-order valence-corrected chi connectivity index (χ1v) is 11.8. The van der Waals surface area contributed by atoms with Gasteiger partial charge in [-0.15, -0.1) is 0 Å². The predicted molar refractivity (Wildman–Crippen MR) is 104 cm³/mol. The average molecular weight is 424 g/mol. The first-order chi connectivity index (χ1) is 13.0. The molecule has 0 aliphatic heterocycles. The van der Waals surface area contributed by atoms with Gasteiger partial charge in [0.15, 0.2) is 6.29 Å². The van der Waals surface area contributed by atoms with E-state index >= 15 is 0 Å². The molecule has 1 aromatic carbocycles. The van der Waals surface area contributed by atoms with Gasteiger partial charge in [-0.2, -0.15) is 0 Å². The third-order valence-electron chi connectivity index (χ3n) is 3.32. The molecule has 0 amide bonds. The molecule has 0 aliphatic rings. The van der Waals surface area contributed by atoms with Crippen molar-refractivity contribution in [1.82, 2.24) is 0 Å². The van der Waals surface area contributed by atoms with Crippen molar-refractivity contribution in [2.24, 2.45) is 0 Å². The molecule has 3 N–H and O–H groups in total. The Morgan fingerprint density at radius 1 is 1.15 bits per heavy atom. The van der Waals surface area contributed by atoms with E-state index in [1.165, 1.54) is 7.11 Å². The molecular weight excluding hydrogens is 395 g/mol. The van der Waals surface area contributed by atoms with Gasteiger partial charge >= 0.3 is 6.80 Å². The SMILES string of the molecule is COCC(CO)OP(=O)(OCCO)SCCCCOC(O)c1ccccc1. The molecule has 0 aromatic heterocycles.